The van der Waals surface area contributed by atoms with E-state index in [9.17, 15) is 19.1 Å². The summed E-state index contributed by atoms with van der Waals surface area (Å²) >= 11 is 0. The van der Waals surface area contributed by atoms with E-state index in [1.54, 1.807) is 0 Å². The number of nitrogens with zero attached hydrogens (tertiary/aromatic N) is 3. The topological polar surface area (TPSA) is 105 Å². The average Bonchev–Trinajstić information content (AvgIpc) is 2.83. The van der Waals surface area contributed by atoms with Gasteiger partial charge in [0.1, 0.15) is 11.5 Å². The SMILES string of the molecule is CC(C)(C(=O)O)n1nnc(C(=O)O)c1-c1cccc(F)c1. The van der Waals surface area contributed by atoms with E-state index in [0.717, 1.165) is 10.7 Å². The van der Waals surface area contributed by atoms with E-state index in [1.807, 2.05) is 0 Å². The minimum Gasteiger partial charge on any atom is -0.479 e. The van der Waals surface area contributed by atoms with Crippen molar-refractivity contribution in [2.45, 2.75) is 19.4 Å². The van der Waals surface area contributed by atoms with Gasteiger partial charge in [0.15, 0.2) is 11.2 Å². The fourth-order valence-electron chi connectivity index (χ4n) is 1.80. The molecule has 8 heteroatoms. The van der Waals surface area contributed by atoms with Gasteiger partial charge in [-0.25, -0.2) is 18.7 Å². The molecule has 21 heavy (non-hydrogen) atoms. The molecule has 0 atom stereocenters. The molecule has 0 bridgehead atoms. The molecule has 0 aliphatic carbocycles. The molecule has 2 N–H and O–H groups in total. The highest BCUT2D eigenvalue weighted by Gasteiger charge is 2.36. The van der Waals surface area contributed by atoms with Crippen molar-refractivity contribution in [2.75, 3.05) is 0 Å². The standard InChI is InChI=1S/C13H12FN3O4/c1-13(2,12(20)21)17-10(9(11(18)19)15-16-17)7-4-3-5-8(14)6-7/h3-6H,1-2H3,(H,18,19)(H,20,21). The van der Waals surface area contributed by atoms with Crippen LogP contribution in [0.15, 0.2) is 24.3 Å². The quantitative estimate of drug-likeness (QED) is 0.887. The molecule has 0 amide bonds. The Bertz CT molecular complexity index is 724. The molecule has 0 radical (unpaired) electrons. The molecule has 1 aromatic carbocycles. The normalized spacial score (nSPS) is 11.4. The van der Waals surface area contributed by atoms with Crippen LogP contribution in [0, 0.1) is 5.82 Å². The molecule has 0 aliphatic rings. The first-order valence-electron chi connectivity index (χ1n) is 5.94. The Morgan fingerprint density at radius 3 is 2.48 bits per heavy atom. The number of halogens is 1. The van der Waals surface area contributed by atoms with Crippen molar-refractivity contribution in [1.29, 1.82) is 0 Å². The monoisotopic (exact) mass is 293 g/mol. The van der Waals surface area contributed by atoms with Crippen LogP contribution in [-0.4, -0.2) is 37.1 Å². The second-order valence-corrected chi connectivity index (χ2v) is 4.88. The molecule has 110 valence electrons. The molecule has 7 nitrogen and oxygen atoms in total. The Morgan fingerprint density at radius 2 is 1.95 bits per heavy atom. The first kappa shape index (κ1) is 14.6. The van der Waals surface area contributed by atoms with Crippen molar-refractivity contribution in [3.63, 3.8) is 0 Å². The second kappa shape index (κ2) is 4.97. The Hall–Kier alpha value is -2.77. The van der Waals surface area contributed by atoms with Crippen LogP contribution in [0.3, 0.4) is 0 Å². The fourth-order valence-corrected chi connectivity index (χ4v) is 1.80. The van der Waals surface area contributed by atoms with Crippen LogP contribution in [0.25, 0.3) is 11.3 Å². The Labute approximate surface area is 118 Å². The van der Waals surface area contributed by atoms with Gasteiger partial charge in [0, 0.05) is 5.56 Å². The highest BCUT2D eigenvalue weighted by atomic mass is 19.1. The molecule has 0 saturated carbocycles. The van der Waals surface area contributed by atoms with Crippen molar-refractivity contribution < 1.29 is 24.2 Å². The molecule has 0 unspecified atom stereocenters. The molecule has 1 aromatic heterocycles. The molecular formula is C13H12FN3O4. The number of aliphatic carboxylic acids is 1. The maximum atomic E-state index is 13.4. The summed E-state index contributed by atoms with van der Waals surface area (Å²) < 4.78 is 14.3. The van der Waals surface area contributed by atoms with E-state index in [4.69, 9.17) is 5.11 Å². The Balaban J connectivity index is 2.76. The van der Waals surface area contributed by atoms with Crippen LogP contribution in [0.4, 0.5) is 4.39 Å². The van der Waals surface area contributed by atoms with Gasteiger partial charge in [0.25, 0.3) is 0 Å². The van der Waals surface area contributed by atoms with Crippen LogP contribution in [-0.2, 0) is 10.3 Å². The summed E-state index contributed by atoms with van der Waals surface area (Å²) in [5.41, 5.74) is -1.85. The van der Waals surface area contributed by atoms with E-state index in [1.165, 1.54) is 32.0 Å². The average molecular weight is 293 g/mol. The predicted molar refractivity (Wildman–Crippen MR) is 69.3 cm³/mol. The smallest absolute Gasteiger partial charge is 0.358 e. The van der Waals surface area contributed by atoms with E-state index in [2.05, 4.69) is 10.3 Å². The number of rotatable bonds is 4. The number of hydrogen-bond donors (Lipinski definition) is 2. The lowest BCUT2D eigenvalue weighted by atomic mass is 10.0. The summed E-state index contributed by atoms with van der Waals surface area (Å²) in [6.07, 6.45) is 0. The maximum absolute atomic E-state index is 13.4. The zero-order valence-electron chi connectivity index (χ0n) is 11.2. The van der Waals surface area contributed by atoms with Gasteiger partial charge < -0.3 is 10.2 Å². The molecule has 0 saturated heterocycles. The van der Waals surface area contributed by atoms with Crippen molar-refractivity contribution in [3.05, 3.63) is 35.8 Å². The number of carboxylic acid groups (broad SMARTS) is 2. The summed E-state index contributed by atoms with van der Waals surface area (Å²) in [5.74, 6) is -3.17. The van der Waals surface area contributed by atoms with E-state index >= 15 is 0 Å². The predicted octanol–water partition coefficient (Wildman–Crippen LogP) is 1.60. The Morgan fingerprint density at radius 1 is 1.29 bits per heavy atom. The fraction of sp³-hybridized carbons (Fsp3) is 0.231. The van der Waals surface area contributed by atoms with Gasteiger partial charge in [-0.15, -0.1) is 5.10 Å². The molecule has 0 fully saturated rings. The minimum atomic E-state index is -1.54. The van der Waals surface area contributed by atoms with Gasteiger partial charge in [0.2, 0.25) is 0 Å². The lowest BCUT2D eigenvalue weighted by molar-refractivity contribution is -0.146. The van der Waals surface area contributed by atoms with Gasteiger partial charge in [-0.05, 0) is 26.0 Å². The first-order chi connectivity index (χ1) is 9.75. The molecular weight excluding hydrogens is 281 g/mol. The van der Waals surface area contributed by atoms with E-state index < -0.39 is 29.0 Å². The third kappa shape index (κ3) is 2.47. The summed E-state index contributed by atoms with van der Waals surface area (Å²) in [6, 6.07) is 5.14. The van der Waals surface area contributed by atoms with Gasteiger partial charge >= 0.3 is 11.9 Å². The number of carbonyl (C=O) groups is 2. The van der Waals surface area contributed by atoms with Crippen molar-refractivity contribution in [3.8, 4) is 11.3 Å². The lowest BCUT2D eigenvalue weighted by Crippen LogP contribution is -2.37. The minimum absolute atomic E-state index is 0.0607. The highest BCUT2D eigenvalue weighted by molar-refractivity contribution is 5.93. The van der Waals surface area contributed by atoms with Crippen LogP contribution >= 0.6 is 0 Å². The van der Waals surface area contributed by atoms with E-state index in [0.29, 0.717) is 0 Å². The van der Waals surface area contributed by atoms with E-state index in [-0.39, 0.29) is 11.3 Å². The van der Waals surface area contributed by atoms with Crippen LogP contribution in [0.5, 0.6) is 0 Å². The number of benzene rings is 1. The Kier molecular flexibility index (Phi) is 3.46. The number of carboxylic acids is 2. The van der Waals surface area contributed by atoms with Crippen molar-refractivity contribution in [1.82, 2.24) is 15.0 Å². The second-order valence-electron chi connectivity index (χ2n) is 4.88. The molecule has 1 heterocycles. The van der Waals surface area contributed by atoms with Crippen LogP contribution < -0.4 is 0 Å². The molecule has 2 rings (SSSR count). The molecule has 0 aliphatic heterocycles. The molecule has 0 spiro atoms. The maximum Gasteiger partial charge on any atom is 0.358 e. The third-order valence-electron chi connectivity index (χ3n) is 3.02. The van der Waals surface area contributed by atoms with Gasteiger partial charge in [-0.2, -0.15) is 0 Å². The summed E-state index contributed by atoms with van der Waals surface area (Å²) in [4.78, 5) is 22.6. The summed E-state index contributed by atoms with van der Waals surface area (Å²) in [7, 11) is 0. The lowest BCUT2D eigenvalue weighted by Gasteiger charge is -2.21. The van der Waals surface area contributed by atoms with Gasteiger partial charge in [-0.1, -0.05) is 17.3 Å². The third-order valence-corrected chi connectivity index (χ3v) is 3.02. The first-order valence-corrected chi connectivity index (χ1v) is 5.94. The van der Waals surface area contributed by atoms with Crippen molar-refractivity contribution >= 4 is 11.9 Å². The van der Waals surface area contributed by atoms with Gasteiger partial charge in [-0.3, -0.25) is 0 Å². The van der Waals surface area contributed by atoms with Gasteiger partial charge in [0.05, 0.1) is 0 Å². The zero-order valence-corrected chi connectivity index (χ0v) is 11.2. The number of aromatic nitrogens is 3. The largest absolute Gasteiger partial charge is 0.479 e. The number of hydrogen-bond acceptors (Lipinski definition) is 4. The van der Waals surface area contributed by atoms with Crippen molar-refractivity contribution in [2.24, 2.45) is 0 Å². The molecule has 2 aromatic rings. The van der Waals surface area contributed by atoms with Crippen LogP contribution in [0.1, 0.15) is 24.3 Å². The summed E-state index contributed by atoms with van der Waals surface area (Å²) in [5, 5.41) is 25.5. The van der Waals surface area contributed by atoms with Crippen LogP contribution in [0.2, 0.25) is 0 Å². The summed E-state index contributed by atoms with van der Waals surface area (Å²) in [6.45, 7) is 2.69. The highest BCUT2D eigenvalue weighted by Crippen LogP contribution is 2.28. The number of aromatic carboxylic acids is 1. The zero-order chi connectivity index (χ0) is 15.8.